The summed E-state index contributed by atoms with van der Waals surface area (Å²) in [5, 5.41) is 3.31. The van der Waals surface area contributed by atoms with Crippen LogP contribution in [-0.2, 0) is 6.54 Å². The Morgan fingerprint density at radius 2 is 1.90 bits per heavy atom. The van der Waals surface area contributed by atoms with Crippen LogP contribution in [0.3, 0.4) is 0 Å². The minimum atomic E-state index is -0.366. The van der Waals surface area contributed by atoms with Crippen molar-refractivity contribution in [2.75, 3.05) is 19.6 Å². The van der Waals surface area contributed by atoms with Crippen molar-refractivity contribution in [2.24, 2.45) is 5.92 Å². The van der Waals surface area contributed by atoms with E-state index >= 15 is 0 Å². The molecular formula is C24H25BrN2O3. The third kappa shape index (κ3) is 4.99. The molecule has 6 heteroatoms. The highest BCUT2D eigenvalue weighted by Gasteiger charge is 2.20. The molecule has 1 amide bonds. The summed E-state index contributed by atoms with van der Waals surface area (Å²) in [4.78, 5) is 27.6. The standard InChI is InChI=1S/C24H25BrN2O3/c25-19-6-7-20-22(14-19)30-16-21(23(20)28)24(29)26-11-8-17-9-12-27(13-10-17)15-18-4-2-1-3-5-18/h1-7,14,16-17H,8-13,15H2,(H,26,29). The fourth-order valence-electron chi connectivity index (χ4n) is 4.02. The molecule has 0 atom stereocenters. The fraction of sp³-hybridized carbons (Fsp3) is 0.333. The number of hydrogen-bond acceptors (Lipinski definition) is 4. The summed E-state index contributed by atoms with van der Waals surface area (Å²) in [6.07, 6.45) is 4.46. The van der Waals surface area contributed by atoms with Crippen molar-refractivity contribution in [3.8, 4) is 0 Å². The van der Waals surface area contributed by atoms with E-state index in [0.717, 1.165) is 43.4 Å². The smallest absolute Gasteiger partial charge is 0.258 e. The molecule has 0 spiro atoms. The Labute approximate surface area is 184 Å². The van der Waals surface area contributed by atoms with E-state index < -0.39 is 0 Å². The van der Waals surface area contributed by atoms with Gasteiger partial charge in [0.25, 0.3) is 5.91 Å². The van der Waals surface area contributed by atoms with Crippen LogP contribution in [0.2, 0.25) is 0 Å². The summed E-state index contributed by atoms with van der Waals surface area (Å²) < 4.78 is 6.31. The normalized spacial score (nSPS) is 15.4. The molecule has 2 heterocycles. The second kappa shape index (κ2) is 9.58. The van der Waals surface area contributed by atoms with Crippen molar-refractivity contribution in [1.82, 2.24) is 10.2 Å². The van der Waals surface area contributed by atoms with Gasteiger partial charge in [-0.1, -0.05) is 46.3 Å². The fourth-order valence-corrected chi connectivity index (χ4v) is 4.36. The number of amides is 1. The van der Waals surface area contributed by atoms with Crippen molar-refractivity contribution in [2.45, 2.75) is 25.8 Å². The second-order valence-electron chi connectivity index (χ2n) is 7.87. The van der Waals surface area contributed by atoms with E-state index in [0.29, 0.717) is 23.4 Å². The maximum absolute atomic E-state index is 12.6. The molecule has 4 rings (SSSR count). The zero-order valence-corrected chi connectivity index (χ0v) is 18.4. The van der Waals surface area contributed by atoms with Crippen molar-refractivity contribution >= 4 is 32.8 Å². The summed E-state index contributed by atoms with van der Waals surface area (Å²) in [5.41, 5.74) is 1.58. The number of halogens is 1. The largest absolute Gasteiger partial charge is 0.463 e. The van der Waals surface area contributed by atoms with E-state index in [2.05, 4.69) is 50.4 Å². The van der Waals surface area contributed by atoms with E-state index in [1.54, 1.807) is 18.2 Å². The molecule has 0 bridgehead atoms. The van der Waals surface area contributed by atoms with Crippen LogP contribution in [0.1, 0.15) is 35.2 Å². The monoisotopic (exact) mass is 468 g/mol. The third-order valence-electron chi connectivity index (χ3n) is 5.78. The molecule has 30 heavy (non-hydrogen) atoms. The van der Waals surface area contributed by atoms with Crippen LogP contribution in [0.5, 0.6) is 0 Å². The lowest BCUT2D eigenvalue weighted by Crippen LogP contribution is -2.35. The summed E-state index contributed by atoms with van der Waals surface area (Å²) in [5.74, 6) is 0.234. The predicted octanol–water partition coefficient (Wildman–Crippen LogP) is 4.59. The Bertz CT molecular complexity index is 1070. The predicted molar refractivity (Wildman–Crippen MR) is 122 cm³/mol. The van der Waals surface area contributed by atoms with Gasteiger partial charge in [0, 0.05) is 17.6 Å². The number of nitrogens with zero attached hydrogens (tertiary/aromatic N) is 1. The highest BCUT2D eigenvalue weighted by atomic mass is 79.9. The topological polar surface area (TPSA) is 62.6 Å². The molecular weight excluding hydrogens is 444 g/mol. The number of hydrogen-bond donors (Lipinski definition) is 1. The molecule has 3 aromatic rings. The van der Waals surface area contributed by atoms with Gasteiger partial charge in [-0.2, -0.15) is 0 Å². The quantitative estimate of drug-likeness (QED) is 0.574. The van der Waals surface area contributed by atoms with Crippen molar-refractivity contribution in [1.29, 1.82) is 0 Å². The number of rotatable bonds is 6. The minimum Gasteiger partial charge on any atom is -0.463 e. The van der Waals surface area contributed by atoms with E-state index in [1.807, 2.05) is 6.07 Å². The van der Waals surface area contributed by atoms with Gasteiger partial charge in [-0.05, 0) is 62.0 Å². The zero-order chi connectivity index (χ0) is 20.9. The maximum Gasteiger partial charge on any atom is 0.258 e. The number of piperidine rings is 1. The first-order valence-electron chi connectivity index (χ1n) is 10.4. The Morgan fingerprint density at radius 1 is 1.13 bits per heavy atom. The number of nitrogens with one attached hydrogen (secondary N) is 1. The lowest BCUT2D eigenvalue weighted by Gasteiger charge is -2.32. The van der Waals surface area contributed by atoms with Crippen LogP contribution in [0, 0.1) is 5.92 Å². The van der Waals surface area contributed by atoms with Crippen LogP contribution >= 0.6 is 15.9 Å². The first-order chi connectivity index (χ1) is 14.6. The minimum absolute atomic E-state index is 0.0579. The van der Waals surface area contributed by atoms with E-state index in [1.165, 1.54) is 11.8 Å². The van der Waals surface area contributed by atoms with Gasteiger partial charge in [0.15, 0.2) is 0 Å². The molecule has 1 aliphatic heterocycles. The summed E-state index contributed by atoms with van der Waals surface area (Å²) in [7, 11) is 0. The van der Waals surface area contributed by atoms with Gasteiger partial charge in [0.2, 0.25) is 5.43 Å². The van der Waals surface area contributed by atoms with Gasteiger partial charge < -0.3 is 9.73 Å². The van der Waals surface area contributed by atoms with Gasteiger partial charge in [-0.15, -0.1) is 0 Å². The summed E-state index contributed by atoms with van der Waals surface area (Å²) in [6, 6.07) is 15.7. The maximum atomic E-state index is 12.6. The van der Waals surface area contributed by atoms with Crippen LogP contribution in [0.25, 0.3) is 11.0 Å². The molecule has 1 fully saturated rings. The number of benzene rings is 2. The van der Waals surface area contributed by atoms with E-state index in [-0.39, 0.29) is 16.9 Å². The Morgan fingerprint density at radius 3 is 2.67 bits per heavy atom. The van der Waals surface area contributed by atoms with Crippen molar-refractivity contribution in [3.05, 3.63) is 80.6 Å². The third-order valence-corrected chi connectivity index (χ3v) is 6.27. The summed E-state index contributed by atoms with van der Waals surface area (Å²) >= 11 is 3.35. The molecule has 0 unspecified atom stereocenters. The van der Waals surface area contributed by atoms with Crippen molar-refractivity contribution < 1.29 is 9.21 Å². The average molecular weight is 469 g/mol. The van der Waals surface area contributed by atoms with E-state index in [4.69, 9.17) is 4.42 Å². The lowest BCUT2D eigenvalue weighted by atomic mass is 9.93. The molecule has 0 saturated carbocycles. The molecule has 0 aliphatic carbocycles. The molecule has 1 N–H and O–H groups in total. The van der Waals surface area contributed by atoms with Gasteiger partial charge >= 0.3 is 0 Å². The number of fused-ring (bicyclic) bond motifs is 1. The Kier molecular flexibility index (Phi) is 6.65. The molecule has 1 aliphatic rings. The van der Waals surface area contributed by atoms with Gasteiger partial charge in [-0.25, -0.2) is 0 Å². The van der Waals surface area contributed by atoms with Crippen LogP contribution in [0.15, 0.2) is 68.5 Å². The molecule has 156 valence electrons. The first kappa shape index (κ1) is 20.8. The number of carbonyl (C=O) groups excluding carboxylic acids is 1. The van der Waals surface area contributed by atoms with Crippen LogP contribution in [-0.4, -0.2) is 30.4 Å². The Balaban J connectivity index is 1.25. The number of likely N-dealkylation sites (tertiary alicyclic amines) is 1. The van der Waals surface area contributed by atoms with E-state index in [9.17, 15) is 9.59 Å². The van der Waals surface area contributed by atoms with Crippen molar-refractivity contribution in [3.63, 3.8) is 0 Å². The van der Waals surface area contributed by atoms with Gasteiger partial charge in [0.05, 0.1) is 5.39 Å². The highest BCUT2D eigenvalue weighted by Crippen LogP contribution is 2.22. The molecule has 1 saturated heterocycles. The SMILES string of the molecule is O=C(NCCC1CCN(Cc2ccccc2)CC1)c1coc2cc(Br)ccc2c1=O. The molecule has 0 radical (unpaired) electrons. The molecule has 5 nitrogen and oxygen atoms in total. The average Bonchev–Trinajstić information content (AvgIpc) is 2.76. The summed E-state index contributed by atoms with van der Waals surface area (Å²) in [6.45, 7) is 3.73. The zero-order valence-electron chi connectivity index (χ0n) is 16.8. The lowest BCUT2D eigenvalue weighted by molar-refractivity contribution is 0.0945. The first-order valence-corrected chi connectivity index (χ1v) is 11.1. The van der Waals surface area contributed by atoms with Gasteiger partial charge in [-0.3, -0.25) is 14.5 Å². The Hall–Kier alpha value is -2.44. The van der Waals surface area contributed by atoms with Gasteiger partial charge in [0.1, 0.15) is 17.4 Å². The second-order valence-corrected chi connectivity index (χ2v) is 8.78. The number of carbonyl (C=O) groups is 1. The molecule has 2 aromatic carbocycles. The van der Waals surface area contributed by atoms with Crippen LogP contribution < -0.4 is 10.7 Å². The highest BCUT2D eigenvalue weighted by molar-refractivity contribution is 9.10. The molecule has 1 aromatic heterocycles. The van der Waals surface area contributed by atoms with Crippen LogP contribution in [0.4, 0.5) is 0 Å².